The van der Waals surface area contributed by atoms with Crippen molar-refractivity contribution >= 4 is 5.65 Å². The molecular weight excluding hydrogens is 342 g/mol. The lowest BCUT2D eigenvalue weighted by atomic mass is 9.80. The normalized spacial score (nSPS) is 14.4. The zero-order chi connectivity index (χ0) is 18.2. The molecule has 3 heterocycles. The number of hydrogen-bond acceptors (Lipinski definition) is 6. The molecule has 0 saturated heterocycles. The number of hydrogen-bond donors (Lipinski definition) is 0. The summed E-state index contributed by atoms with van der Waals surface area (Å²) in [5.41, 5.74) is 2.79. The quantitative estimate of drug-likeness (QED) is 0.543. The third-order valence-corrected chi connectivity index (χ3v) is 4.95. The summed E-state index contributed by atoms with van der Waals surface area (Å²) in [6.45, 7) is 0.280. The third kappa shape index (κ3) is 2.92. The average molecular weight is 361 g/mol. The Balaban J connectivity index is 1.55. The maximum absolute atomic E-state index is 6.04. The molecule has 1 aromatic carbocycles. The minimum atomic E-state index is 0.280. The molecule has 1 fully saturated rings. The average Bonchev–Trinajstić information content (AvgIpc) is 3.25. The number of ether oxygens (including phenoxy) is 1. The van der Waals surface area contributed by atoms with Crippen LogP contribution in [0.1, 0.15) is 36.6 Å². The second-order valence-electron chi connectivity index (χ2n) is 6.82. The number of aryl methyl sites for hydroxylation is 1. The summed E-state index contributed by atoms with van der Waals surface area (Å²) in [5.74, 6) is 2.40. The summed E-state index contributed by atoms with van der Waals surface area (Å²) in [4.78, 5) is 4.22. The lowest BCUT2D eigenvalue weighted by molar-refractivity contribution is 0.268. The van der Waals surface area contributed by atoms with Crippen LogP contribution >= 0.6 is 0 Å². The molecule has 0 bridgehead atoms. The van der Waals surface area contributed by atoms with Crippen molar-refractivity contribution in [3.63, 3.8) is 0 Å². The number of rotatable bonds is 5. The molecule has 4 aromatic rings. The summed E-state index contributed by atoms with van der Waals surface area (Å²) < 4.78 is 9.45. The molecule has 1 saturated carbocycles. The predicted octanol–water partition coefficient (Wildman–Crippen LogP) is 2.77. The van der Waals surface area contributed by atoms with E-state index in [1.54, 1.807) is 15.5 Å². The van der Waals surface area contributed by atoms with Crippen LogP contribution in [0.2, 0.25) is 0 Å². The molecule has 3 aromatic heterocycles. The van der Waals surface area contributed by atoms with Gasteiger partial charge < -0.3 is 4.74 Å². The highest BCUT2D eigenvalue weighted by molar-refractivity contribution is 5.59. The molecule has 0 spiro atoms. The predicted molar refractivity (Wildman–Crippen MR) is 98.1 cm³/mol. The van der Waals surface area contributed by atoms with Gasteiger partial charge in [0.15, 0.2) is 23.9 Å². The fourth-order valence-corrected chi connectivity index (χ4v) is 3.30. The van der Waals surface area contributed by atoms with Crippen LogP contribution in [0.3, 0.4) is 0 Å². The van der Waals surface area contributed by atoms with Crippen LogP contribution in [0.25, 0.3) is 17.0 Å². The van der Waals surface area contributed by atoms with Crippen LogP contribution in [0.5, 0.6) is 5.88 Å². The van der Waals surface area contributed by atoms with Crippen molar-refractivity contribution in [1.29, 1.82) is 0 Å². The minimum absolute atomic E-state index is 0.280. The van der Waals surface area contributed by atoms with Crippen LogP contribution in [-0.2, 0) is 13.7 Å². The van der Waals surface area contributed by atoms with Gasteiger partial charge in [-0.2, -0.15) is 9.61 Å². The van der Waals surface area contributed by atoms with E-state index in [-0.39, 0.29) is 6.61 Å². The molecule has 8 heteroatoms. The highest BCUT2D eigenvalue weighted by Gasteiger charge is 2.26. The third-order valence-electron chi connectivity index (χ3n) is 4.95. The van der Waals surface area contributed by atoms with E-state index in [1.807, 2.05) is 37.4 Å². The van der Waals surface area contributed by atoms with E-state index < -0.39 is 0 Å². The molecule has 1 aliphatic carbocycles. The van der Waals surface area contributed by atoms with Crippen LogP contribution < -0.4 is 4.74 Å². The second kappa shape index (κ2) is 6.46. The van der Waals surface area contributed by atoms with Gasteiger partial charge in [-0.15, -0.1) is 15.3 Å². The molecule has 0 N–H and O–H groups in total. The first-order valence-corrected chi connectivity index (χ1v) is 9.07. The van der Waals surface area contributed by atoms with Gasteiger partial charge in [-0.05, 0) is 24.8 Å². The Morgan fingerprint density at radius 2 is 1.96 bits per heavy atom. The molecular formula is C19H19N7O. The first kappa shape index (κ1) is 15.9. The van der Waals surface area contributed by atoms with Gasteiger partial charge in [-0.25, -0.2) is 4.98 Å². The number of benzene rings is 1. The number of fused-ring (bicyclic) bond motifs is 1. The summed E-state index contributed by atoms with van der Waals surface area (Å²) in [5, 5.41) is 17.7. The van der Waals surface area contributed by atoms with Crippen LogP contribution in [0, 0.1) is 0 Å². The van der Waals surface area contributed by atoms with Crippen molar-refractivity contribution in [1.82, 2.24) is 34.6 Å². The van der Waals surface area contributed by atoms with Crippen molar-refractivity contribution in [2.24, 2.45) is 7.05 Å². The topological polar surface area (TPSA) is 83.0 Å². The monoisotopic (exact) mass is 361 g/mol. The van der Waals surface area contributed by atoms with E-state index in [4.69, 9.17) is 9.84 Å². The SMILES string of the molecule is Cn1cnc(COc2nn3c(-c4ccccc4)nnc3cc2C2CCC2)n1. The van der Waals surface area contributed by atoms with Crippen molar-refractivity contribution in [2.75, 3.05) is 0 Å². The summed E-state index contributed by atoms with van der Waals surface area (Å²) >= 11 is 0. The molecule has 0 atom stereocenters. The molecule has 8 nitrogen and oxygen atoms in total. The van der Waals surface area contributed by atoms with Gasteiger partial charge in [0.05, 0.1) is 0 Å². The van der Waals surface area contributed by atoms with Gasteiger partial charge in [0.1, 0.15) is 6.33 Å². The minimum Gasteiger partial charge on any atom is -0.468 e. The molecule has 5 rings (SSSR count). The fourth-order valence-electron chi connectivity index (χ4n) is 3.30. The first-order chi connectivity index (χ1) is 13.3. The Morgan fingerprint density at radius 1 is 1.11 bits per heavy atom. The van der Waals surface area contributed by atoms with Crippen molar-refractivity contribution in [2.45, 2.75) is 31.8 Å². The van der Waals surface area contributed by atoms with E-state index in [0.717, 1.165) is 29.6 Å². The Kier molecular flexibility index (Phi) is 3.81. The lowest BCUT2D eigenvalue weighted by Crippen LogP contribution is -2.14. The van der Waals surface area contributed by atoms with Crippen molar-refractivity contribution < 1.29 is 4.74 Å². The largest absolute Gasteiger partial charge is 0.468 e. The Bertz CT molecular complexity index is 1080. The molecule has 1 aliphatic rings. The lowest BCUT2D eigenvalue weighted by Gasteiger charge is -2.26. The zero-order valence-corrected chi connectivity index (χ0v) is 15.0. The van der Waals surface area contributed by atoms with E-state index in [0.29, 0.717) is 23.4 Å². The van der Waals surface area contributed by atoms with E-state index in [9.17, 15) is 0 Å². The maximum Gasteiger partial charge on any atom is 0.235 e. The van der Waals surface area contributed by atoms with Gasteiger partial charge in [0.2, 0.25) is 5.88 Å². The second-order valence-corrected chi connectivity index (χ2v) is 6.82. The van der Waals surface area contributed by atoms with Crippen molar-refractivity contribution in [3.8, 4) is 17.3 Å². The Morgan fingerprint density at radius 3 is 2.67 bits per heavy atom. The molecule has 0 aliphatic heterocycles. The van der Waals surface area contributed by atoms with Crippen LogP contribution in [0.4, 0.5) is 0 Å². The van der Waals surface area contributed by atoms with E-state index in [2.05, 4.69) is 26.3 Å². The number of nitrogens with zero attached hydrogens (tertiary/aromatic N) is 7. The highest BCUT2D eigenvalue weighted by Crippen LogP contribution is 2.40. The van der Waals surface area contributed by atoms with Gasteiger partial charge in [0.25, 0.3) is 0 Å². The van der Waals surface area contributed by atoms with Gasteiger partial charge >= 0.3 is 0 Å². The standard InChI is InChI=1S/C19H19N7O/c1-25-12-20-16(23-25)11-27-19-15(13-8-5-9-13)10-17-21-22-18(26(17)24-19)14-6-3-2-4-7-14/h2-4,6-7,10,12-13H,5,8-9,11H2,1H3. The molecule has 136 valence electrons. The van der Waals surface area contributed by atoms with Crippen molar-refractivity contribution in [3.05, 3.63) is 54.1 Å². The Hall–Kier alpha value is -3.29. The molecule has 0 radical (unpaired) electrons. The highest BCUT2D eigenvalue weighted by atomic mass is 16.5. The molecule has 0 amide bonds. The van der Waals surface area contributed by atoms with Crippen LogP contribution in [-0.4, -0.2) is 34.6 Å². The summed E-state index contributed by atoms with van der Waals surface area (Å²) in [6.07, 6.45) is 5.19. The van der Waals surface area contributed by atoms with Gasteiger partial charge in [-0.1, -0.05) is 36.8 Å². The number of aromatic nitrogens is 7. The summed E-state index contributed by atoms with van der Waals surface area (Å²) in [7, 11) is 1.84. The smallest absolute Gasteiger partial charge is 0.235 e. The molecule has 27 heavy (non-hydrogen) atoms. The van der Waals surface area contributed by atoms with E-state index >= 15 is 0 Å². The van der Waals surface area contributed by atoms with E-state index in [1.165, 1.54) is 6.42 Å². The zero-order valence-electron chi connectivity index (χ0n) is 15.0. The molecule has 0 unspecified atom stereocenters. The fraction of sp³-hybridized carbons (Fsp3) is 0.316. The summed E-state index contributed by atoms with van der Waals surface area (Å²) in [6, 6.07) is 12.0. The van der Waals surface area contributed by atoms with Crippen LogP contribution in [0.15, 0.2) is 42.7 Å². The Labute approximate surface area is 155 Å². The van der Waals surface area contributed by atoms with Gasteiger partial charge in [-0.3, -0.25) is 4.68 Å². The first-order valence-electron chi connectivity index (χ1n) is 9.07. The maximum atomic E-state index is 6.04. The van der Waals surface area contributed by atoms with Gasteiger partial charge in [0, 0.05) is 18.2 Å².